The summed E-state index contributed by atoms with van der Waals surface area (Å²) in [6.07, 6.45) is 1.49. The van der Waals surface area contributed by atoms with Crippen LogP contribution in [-0.2, 0) is 29.6 Å². The number of carboxylic acids is 1. The fourth-order valence-corrected chi connectivity index (χ4v) is 10.4. The van der Waals surface area contributed by atoms with Crippen molar-refractivity contribution in [2.24, 2.45) is 5.16 Å². The minimum Gasteiger partial charge on any atom is -0.477 e. The van der Waals surface area contributed by atoms with Crippen LogP contribution in [0.15, 0.2) is 123 Å². The zero-order valence-corrected chi connectivity index (χ0v) is 30.1. The first-order chi connectivity index (χ1) is 24.8. The Hall–Kier alpha value is -4.83. The topological polar surface area (TPSA) is 150 Å². The number of aliphatic carboxylic acids is 1. The Morgan fingerprint density at radius 1 is 0.961 bits per heavy atom. The number of β-lactam (4-membered cyclic amide) rings is 1. The highest BCUT2D eigenvalue weighted by atomic mass is 32.2. The summed E-state index contributed by atoms with van der Waals surface area (Å²) in [5.41, 5.74) is 2.03. The number of thiazole rings is 1. The molecule has 0 bridgehead atoms. The Balaban J connectivity index is 1.14. The molecule has 3 N–H and O–H groups in total. The number of rotatable bonds is 12. The number of nitrogens with one attached hydrogen (secondary N) is 2. The largest absolute Gasteiger partial charge is 0.477 e. The van der Waals surface area contributed by atoms with Crippen molar-refractivity contribution in [2.45, 2.75) is 17.0 Å². The molecule has 0 saturated carbocycles. The van der Waals surface area contributed by atoms with Crippen molar-refractivity contribution in [3.63, 3.8) is 0 Å². The minimum atomic E-state index is -1.25. The summed E-state index contributed by atoms with van der Waals surface area (Å²) in [6.45, 7) is 0. The molecular weight excluding hydrogens is 727 g/mol. The monoisotopic (exact) mass is 755 g/mol. The predicted octanol–water partition coefficient (Wildman–Crippen LogP) is 5.48. The van der Waals surface area contributed by atoms with E-state index in [9.17, 15) is 24.3 Å². The molecular formula is C36H29N5O6S4. The van der Waals surface area contributed by atoms with E-state index in [0.29, 0.717) is 21.5 Å². The number of amides is 2. The average Bonchev–Trinajstić information content (AvgIpc) is 3.80. The van der Waals surface area contributed by atoms with Crippen molar-refractivity contribution in [1.29, 1.82) is 0 Å². The predicted molar refractivity (Wildman–Crippen MR) is 201 cm³/mol. The smallest absolute Gasteiger partial charge is 0.353 e. The maximum absolute atomic E-state index is 13.7. The molecule has 258 valence electrons. The molecule has 15 heteroatoms. The lowest BCUT2D eigenvalue weighted by Crippen LogP contribution is -2.71. The number of carbonyl (C=O) groups excluding carboxylic acids is 3. The van der Waals surface area contributed by atoms with Gasteiger partial charge < -0.3 is 20.6 Å². The van der Waals surface area contributed by atoms with Crippen LogP contribution in [0.1, 0.15) is 22.4 Å². The van der Waals surface area contributed by atoms with Crippen LogP contribution in [0.4, 0.5) is 5.13 Å². The van der Waals surface area contributed by atoms with Gasteiger partial charge in [0, 0.05) is 32.8 Å². The van der Waals surface area contributed by atoms with Crippen molar-refractivity contribution < 1.29 is 29.1 Å². The molecule has 3 aromatic carbocycles. The van der Waals surface area contributed by atoms with Gasteiger partial charge >= 0.3 is 5.97 Å². The van der Waals surface area contributed by atoms with E-state index >= 15 is 0 Å². The Morgan fingerprint density at radius 2 is 1.57 bits per heavy atom. The summed E-state index contributed by atoms with van der Waals surface area (Å²) in [6, 6.07) is 29.1. The number of nitrogens with zero attached hydrogens (tertiary/aromatic N) is 3. The molecule has 2 atom stereocenters. The highest BCUT2D eigenvalue weighted by Gasteiger charge is 2.54. The van der Waals surface area contributed by atoms with Crippen molar-refractivity contribution >= 4 is 80.4 Å². The molecule has 0 unspecified atom stereocenters. The number of anilines is 1. The molecule has 3 aliphatic heterocycles. The molecule has 4 aromatic rings. The van der Waals surface area contributed by atoms with E-state index in [2.05, 4.69) is 15.8 Å². The second-order valence-corrected chi connectivity index (χ2v) is 15.6. The van der Waals surface area contributed by atoms with Gasteiger partial charge in [0.25, 0.3) is 11.8 Å². The zero-order valence-electron chi connectivity index (χ0n) is 26.8. The number of thioether (sulfide) groups is 3. The van der Waals surface area contributed by atoms with Gasteiger partial charge in [0.15, 0.2) is 10.8 Å². The lowest BCUT2D eigenvalue weighted by Gasteiger charge is -2.49. The lowest BCUT2D eigenvalue weighted by molar-refractivity contribution is -0.150. The number of fused-ring (bicyclic) bond motifs is 1. The van der Waals surface area contributed by atoms with Crippen LogP contribution in [0.5, 0.6) is 0 Å². The van der Waals surface area contributed by atoms with E-state index in [1.807, 2.05) is 91.0 Å². The Labute approximate surface area is 309 Å². The van der Waals surface area contributed by atoms with Gasteiger partial charge in [0.05, 0.1) is 0 Å². The quantitative estimate of drug-likeness (QED) is 0.0730. The van der Waals surface area contributed by atoms with E-state index in [0.717, 1.165) is 33.4 Å². The summed E-state index contributed by atoms with van der Waals surface area (Å²) in [4.78, 5) is 63.4. The zero-order chi connectivity index (χ0) is 35.5. The van der Waals surface area contributed by atoms with Crippen molar-refractivity contribution in [2.75, 3.05) is 23.9 Å². The summed E-state index contributed by atoms with van der Waals surface area (Å²) in [7, 11) is 1.31. The van der Waals surface area contributed by atoms with E-state index in [1.54, 1.807) is 5.38 Å². The van der Waals surface area contributed by atoms with Crippen molar-refractivity contribution in [1.82, 2.24) is 15.2 Å². The highest BCUT2D eigenvalue weighted by molar-refractivity contribution is 8.17. The fraction of sp³-hybridized carbons (Fsp3) is 0.167. The van der Waals surface area contributed by atoms with E-state index in [1.165, 1.54) is 52.9 Å². The third-order valence-corrected chi connectivity index (χ3v) is 12.7. The first-order valence-electron chi connectivity index (χ1n) is 15.6. The first-order valence-corrected chi connectivity index (χ1v) is 19.3. The molecule has 11 nitrogen and oxygen atoms in total. The van der Waals surface area contributed by atoms with Gasteiger partial charge in [-0.05, 0) is 16.7 Å². The molecule has 7 rings (SSSR count). The molecule has 1 saturated heterocycles. The molecule has 0 aliphatic carbocycles. The van der Waals surface area contributed by atoms with Crippen molar-refractivity contribution in [3.8, 4) is 0 Å². The molecule has 3 aliphatic rings. The molecule has 0 spiro atoms. The summed E-state index contributed by atoms with van der Waals surface area (Å²) in [5.74, 6) is -1.74. The van der Waals surface area contributed by atoms with Gasteiger partial charge in [0.1, 0.15) is 35.5 Å². The molecule has 4 heterocycles. The second kappa shape index (κ2) is 14.8. The van der Waals surface area contributed by atoms with Gasteiger partial charge in [-0.25, -0.2) is 9.78 Å². The van der Waals surface area contributed by atoms with Crippen LogP contribution in [0, 0.1) is 0 Å². The van der Waals surface area contributed by atoms with Crippen LogP contribution >= 0.6 is 46.6 Å². The molecule has 1 fully saturated rings. The van der Waals surface area contributed by atoms with Crippen LogP contribution in [0.2, 0.25) is 0 Å². The third kappa shape index (κ3) is 6.69. The van der Waals surface area contributed by atoms with Gasteiger partial charge in [-0.15, -0.1) is 23.1 Å². The maximum Gasteiger partial charge on any atom is 0.353 e. The van der Waals surface area contributed by atoms with Gasteiger partial charge in [-0.1, -0.05) is 120 Å². The van der Waals surface area contributed by atoms with Crippen LogP contribution in [0.3, 0.4) is 0 Å². The first kappa shape index (κ1) is 34.6. The number of oxime groups is 1. The second-order valence-electron chi connectivity index (χ2n) is 11.4. The summed E-state index contributed by atoms with van der Waals surface area (Å²) < 4.78 is 0. The van der Waals surface area contributed by atoms with Gasteiger partial charge in [-0.3, -0.25) is 19.3 Å². The average molecular weight is 756 g/mol. The molecule has 1 aromatic heterocycles. The molecule has 0 radical (unpaired) electrons. The number of carboxylic acid groups (broad SMARTS) is 1. The van der Waals surface area contributed by atoms with Crippen LogP contribution < -0.4 is 10.6 Å². The Kier molecular flexibility index (Phi) is 10.0. The standard InChI is InChI=1S/C36H29N5O6S4/c1-47-40-28(31(43)38-29-32(44)41-30(34(45)46)26(20-49-33(29)41)51-24-17-27(42)48-18-24)25-19-50-35(37-25)39-36(21-11-5-2-6-12-21,22-13-7-3-8-14-22)23-15-9-4-10-16-23/h2-17,19,29,33H,18,20H2,1H3,(H,37,39)(H,38,43)(H,45,46)/b40-28-/t29-,33-/m1/s1. The Morgan fingerprint density at radius 3 is 2.10 bits per heavy atom. The number of hydrogen-bond acceptors (Lipinski definition) is 12. The fourth-order valence-electron chi connectivity index (χ4n) is 6.13. The normalized spacial score (nSPS) is 18.9. The van der Waals surface area contributed by atoms with E-state index in [-0.39, 0.29) is 22.2 Å². The number of aromatic nitrogens is 1. The maximum atomic E-state index is 13.7. The molecule has 51 heavy (non-hydrogen) atoms. The van der Waals surface area contributed by atoms with Gasteiger partial charge in [0.2, 0.25) is 5.12 Å². The summed E-state index contributed by atoms with van der Waals surface area (Å²) >= 11 is 4.98. The SMILES string of the molecule is CO/N=C(\C(=O)N[C@@H]1C(=O)N2C(C(=O)O)=C(SC3=CC(=O)SC3)CS[C@H]12)c1csc(NC(c2ccccc2)(c2ccccc2)c2ccccc2)n1. The molecule has 2 amide bonds. The lowest BCUT2D eigenvalue weighted by atomic mass is 9.77. The number of hydrogen-bond donors (Lipinski definition) is 3. The number of benzene rings is 3. The van der Waals surface area contributed by atoms with E-state index in [4.69, 9.17) is 9.82 Å². The van der Waals surface area contributed by atoms with E-state index < -0.39 is 34.7 Å². The van der Waals surface area contributed by atoms with Crippen LogP contribution in [-0.4, -0.2) is 73.6 Å². The third-order valence-electron chi connectivity index (χ3n) is 8.37. The minimum absolute atomic E-state index is 0.0847. The van der Waals surface area contributed by atoms with Crippen molar-refractivity contribution in [3.05, 3.63) is 140 Å². The van der Waals surface area contributed by atoms with Gasteiger partial charge in [-0.2, -0.15) is 0 Å². The van der Waals surface area contributed by atoms with Crippen LogP contribution in [0.25, 0.3) is 0 Å². The number of carbonyl (C=O) groups is 4. The summed E-state index contributed by atoms with van der Waals surface area (Å²) in [5, 5.41) is 21.9. The Bertz CT molecular complexity index is 1990. The highest BCUT2D eigenvalue weighted by Crippen LogP contribution is 2.46.